The molecular formula is C50H75N11O14. The molecule has 2 rings (SSSR count). The molecule has 0 bridgehead atoms. The number of aliphatic hydroxyl groups excluding tert-OH is 2. The summed E-state index contributed by atoms with van der Waals surface area (Å²) in [5.41, 5.74) is 12.0. The predicted octanol–water partition coefficient (Wildman–Crippen LogP) is -3.35. The summed E-state index contributed by atoms with van der Waals surface area (Å²) < 4.78 is 0. The highest BCUT2D eigenvalue weighted by atomic mass is 16.4. The third-order valence-electron chi connectivity index (χ3n) is 11.8. The van der Waals surface area contributed by atoms with Crippen LogP contribution in [0.15, 0.2) is 60.7 Å². The average Bonchev–Trinajstić information content (AvgIpc) is 3.35. The number of primary amides is 1. The maximum atomic E-state index is 14.1. The highest BCUT2D eigenvalue weighted by molar-refractivity contribution is 5.99. The molecule has 0 aliphatic rings. The van der Waals surface area contributed by atoms with Gasteiger partial charge in [-0.1, -0.05) is 94.8 Å². The van der Waals surface area contributed by atoms with E-state index in [9.17, 15) is 68.1 Å². The second-order valence-corrected chi connectivity index (χ2v) is 18.5. The van der Waals surface area contributed by atoms with Gasteiger partial charge in [0.25, 0.3) is 0 Å². The predicted molar refractivity (Wildman–Crippen MR) is 272 cm³/mol. The lowest BCUT2D eigenvalue weighted by Crippen LogP contribution is -2.62. The minimum absolute atomic E-state index is 0.0710. The van der Waals surface area contributed by atoms with Crippen LogP contribution in [0.5, 0.6) is 0 Å². The van der Waals surface area contributed by atoms with Crippen molar-refractivity contribution in [2.75, 3.05) is 19.7 Å². The van der Waals surface area contributed by atoms with Gasteiger partial charge in [-0.15, -0.1) is 0 Å². The Labute approximate surface area is 435 Å². The Morgan fingerprint density at radius 2 is 0.987 bits per heavy atom. The van der Waals surface area contributed by atoms with Crippen molar-refractivity contribution in [3.8, 4) is 0 Å². The van der Waals surface area contributed by atoms with Gasteiger partial charge in [0.15, 0.2) is 0 Å². The molecule has 16 N–H and O–H groups in total. The van der Waals surface area contributed by atoms with Gasteiger partial charge in [-0.2, -0.15) is 0 Å². The molecule has 75 heavy (non-hydrogen) atoms. The minimum Gasteiger partial charge on any atom is -0.481 e. The Bertz CT molecular complexity index is 2250. The van der Waals surface area contributed by atoms with Crippen LogP contribution in [0.3, 0.4) is 0 Å². The fourth-order valence-corrected chi connectivity index (χ4v) is 7.45. The Morgan fingerprint density at radius 1 is 0.547 bits per heavy atom. The Morgan fingerprint density at radius 3 is 1.45 bits per heavy atom. The minimum atomic E-state index is -1.87. The zero-order chi connectivity index (χ0) is 56.4. The van der Waals surface area contributed by atoms with Crippen molar-refractivity contribution in [3.05, 3.63) is 71.8 Å². The first kappa shape index (κ1) is 63.6. The quantitative estimate of drug-likeness (QED) is 0.0311. The fraction of sp³-hybridized carbons (Fsp3) is 0.540. The van der Waals surface area contributed by atoms with Crippen molar-refractivity contribution in [3.63, 3.8) is 0 Å². The van der Waals surface area contributed by atoms with E-state index >= 15 is 0 Å². The van der Waals surface area contributed by atoms with Gasteiger partial charge < -0.3 is 74.6 Å². The molecular weight excluding hydrogens is 979 g/mol. The molecule has 0 fully saturated rings. The normalized spacial score (nSPS) is 15.0. The van der Waals surface area contributed by atoms with Gasteiger partial charge in [0.05, 0.1) is 25.7 Å². The van der Waals surface area contributed by atoms with Crippen LogP contribution in [0.1, 0.15) is 84.8 Å². The molecule has 0 aromatic heterocycles. The van der Waals surface area contributed by atoms with Crippen LogP contribution in [-0.4, -0.2) is 154 Å². The molecule has 25 nitrogen and oxygen atoms in total. The van der Waals surface area contributed by atoms with Crippen molar-refractivity contribution >= 4 is 65.0 Å². The molecule has 0 saturated carbocycles. The van der Waals surface area contributed by atoms with Gasteiger partial charge in [0.1, 0.15) is 48.3 Å². The van der Waals surface area contributed by atoms with Crippen LogP contribution in [0, 0.1) is 11.8 Å². The lowest BCUT2D eigenvalue weighted by molar-refractivity contribution is -0.142. The first-order chi connectivity index (χ1) is 35.4. The van der Waals surface area contributed by atoms with E-state index in [1.54, 1.807) is 88.4 Å². The number of nitrogens with one attached hydrogen (secondary N) is 9. The van der Waals surface area contributed by atoms with Gasteiger partial charge in [-0.05, 0) is 55.7 Å². The van der Waals surface area contributed by atoms with E-state index < -0.39 is 151 Å². The standard InChI is InChI=1S/C50H75N11O14/c1-7-28(4)41(60-47(72)37(26-62)59-44(69)34(22-31-16-10-8-11-17-31)57-49(74)40(27(2)3)54-30(6)64)50(75)58-36(24-39(66)67)45(70)55-33(20-14-15-21-51)43(68)56-35(23-32-18-12-9-13-19-32)46(71)61-42(29(5)63)48(73)53-25-38(52)65/h8-13,16-19,27-29,33-37,40-42,62-63H,7,14-15,20-26,51H2,1-6H3,(H2,52,65)(H,53,73)(H,54,64)(H,55,70)(H,56,68)(H,57,74)(H,58,75)(H,59,69)(H,60,72)(H,61,71)(H,66,67)/t28-,29+,33-,34-,35-,36-,37-,40-,41-,42-/m0/s1. The van der Waals surface area contributed by atoms with Crippen LogP contribution < -0.4 is 59.3 Å². The van der Waals surface area contributed by atoms with Crippen molar-refractivity contribution in [1.82, 2.24) is 47.9 Å². The summed E-state index contributed by atoms with van der Waals surface area (Å²) in [6, 6.07) is 4.90. The first-order valence-electron chi connectivity index (χ1n) is 24.7. The molecule has 10 atom stereocenters. The highest BCUT2D eigenvalue weighted by Gasteiger charge is 2.37. The van der Waals surface area contributed by atoms with Crippen LogP contribution in [0.25, 0.3) is 0 Å². The topological polar surface area (TPSA) is 409 Å². The summed E-state index contributed by atoms with van der Waals surface area (Å²) in [6.45, 7) is 7.64. The number of nitrogens with two attached hydrogens (primary N) is 2. The number of unbranched alkanes of at least 4 members (excludes halogenated alkanes) is 1. The van der Waals surface area contributed by atoms with E-state index in [1.807, 2.05) is 0 Å². The lowest BCUT2D eigenvalue weighted by Gasteiger charge is -2.29. The van der Waals surface area contributed by atoms with Crippen molar-refractivity contribution in [1.29, 1.82) is 0 Å². The molecule has 10 amide bonds. The zero-order valence-corrected chi connectivity index (χ0v) is 43.2. The molecule has 0 spiro atoms. The molecule has 0 aliphatic carbocycles. The van der Waals surface area contributed by atoms with E-state index in [4.69, 9.17) is 11.5 Å². The van der Waals surface area contributed by atoms with E-state index in [1.165, 1.54) is 13.8 Å². The van der Waals surface area contributed by atoms with Crippen molar-refractivity contribution in [2.24, 2.45) is 23.3 Å². The number of benzene rings is 2. The van der Waals surface area contributed by atoms with Gasteiger partial charge in [-0.25, -0.2) is 0 Å². The molecule has 0 unspecified atom stereocenters. The zero-order valence-electron chi connectivity index (χ0n) is 43.2. The van der Waals surface area contributed by atoms with Crippen molar-refractivity contribution in [2.45, 2.75) is 141 Å². The number of amides is 10. The summed E-state index contributed by atoms with van der Waals surface area (Å²) >= 11 is 0. The monoisotopic (exact) mass is 1050 g/mol. The Kier molecular flexibility index (Phi) is 27.7. The summed E-state index contributed by atoms with van der Waals surface area (Å²) in [6.07, 6.45) is -2.00. The van der Waals surface area contributed by atoms with Crippen LogP contribution in [-0.2, 0) is 65.6 Å². The smallest absolute Gasteiger partial charge is 0.305 e. The first-order valence-corrected chi connectivity index (χ1v) is 24.7. The molecule has 414 valence electrons. The largest absolute Gasteiger partial charge is 0.481 e. The van der Waals surface area contributed by atoms with Gasteiger partial charge in [0.2, 0.25) is 59.1 Å². The summed E-state index contributed by atoms with van der Waals surface area (Å²) in [7, 11) is 0. The molecule has 0 radical (unpaired) electrons. The maximum absolute atomic E-state index is 14.1. The van der Waals surface area contributed by atoms with Crippen LogP contribution in [0.2, 0.25) is 0 Å². The molecule has 0 aliphatic heterocycles. The summed E-state index contributed by atoms with van der Waals surface area (Å²) in [5.74, 6) is -11.7. The molecule has 2 aromatic carbocycles. The second-order valence-electron chi connectivity index (χ2n) is 18.5. The molecule has 0 heterocycles. The number of carbonyl (C=O) groups excluding carboxylic acids is 10. The van der Waals surface area contributed by atoms with E-state index in [0.29, 0.717) is 17.5 Å². The number of aliphatic hydroxyl groups is 2. The molecule has 0 saturated heterocycles. The summed E-state index contributed by atoms with van der Waals surface area (Å²) in [4.78, 5) is 145. The highest BCUT2D eigenvalue weighted by Crippen LogP contribution is 2.13. The third kappa shape index (κ3) is 22.7. The number of rotatable bonds is 33. The summed E-state index contributed by atoms with van der Waals surface area (Å²) in [5, 5.41) is 52.7. The number of hydrogen-bond donors (Lipinski definition) is 14. The number of carboxylic acid groups (broad SMARTS) is 1. The Balaban J connectivity index is 2.42. The number of carbonyl (C=O) groups is 11. The number of aliphatic carboxylic acids is 1. The Hall–Kier alpha value is -7.51. The van der Waals surface area contributed by atoms with Crippen LogP contribution in [0.4, 0.5) is 0 Å². The van der Waals surface area contributed by atoms with Crippen molar-refractivity contribution < 1.29 is 68.1 Å². The van der Waals surface area contributed by atoms with E-state index in [2.05, 4.69) is 47.9 Å². The molecule has 25 heteroatoms. The fourth-order valence-electron chi connectivity index (χ4n) is 7.45. The molecule has 2 aromatic rings. The third-order valence-corrected chi connectivity index (χ3v) is 11.8. The lowest BCUT2D eigenvalue weighted by atomic mass is 9.97. The van der Waals surface area contributed by atoms with Gasteiger partial charge in [0, 0.05) is 19.8 Å². The second kappa shape index (κ2) is 32.6. The number of hydrogen-bond acceptors (Lipinski definition) is 14. The van der Waals surface area contributed by atoms with E-state index in [0.717, 1.165) is 0 Å². The average molecular weight is 1050 g/mol. The number of carboxylic acids is 1. The van der Waals surface area contributed by atoms with Gasteiger partial charge in [-0.3, -0.25) is 52.7 Å². The maximum Gasteiger partial charge on any atom is 0.305 e. The SMILES string of the molecule is CC[C@H](C)[C@H](NC(=O)[C@H](CO)NC(=O)[C@H](Cc1ccccc1)NC(=O)[C@@H](NC(C)=O)C(C)C)C(=O)N[C@@H](CC(=O)O)C(=O)N[C@@H](CCCCN)C(=O)N[C@@H](Cc1ccccc1)C(=O)N[C@H](C(=O)NCC(N)=O)[C@@H](C)O. The van der Waals surface area contributed by atoms with E-state index in [-0.39, 0.29) is 38.6 Å². The van der Waals surface area contributed by atoms with Crippen LogP contribution >= 0.6 is 0 Å². The van der Waals surface area contributed by atoms with Gasteiger partial charge >= 0.3 is 5.97 Å².